The van der Waals surface area contributed by atoms with E-state index in [2.05, 4.69) is 26.1 Å². The average molecular weight is 581 g/mol. The number of pyridine rings is 1. The fourth-order valence-corrected chi connectivity index (χ4v) is 4.20. The van der Waals surface area contributed by atoms with Gasteiger partial charge in [-0.2, -0.15) is 0 Å². The highest BCUT2D eigenvalue weighted by atomic mass is 35.5. The van der Waals surface area contributed by atoms with E-state index in [1.165, 1.54) is 43.8 Å². The van der Waals surface area contributed by atoms with Crippen molar-refractivity contribution < 1.29 is 36.8 Å². The van der Waals surface area contributed by atoms with Crippen LogP contribution in [0, 0.1) is 12.7 Å². The lowest BCUT2D eigenvalue weighted by atomic mass is 10.0. The normalized spacial score (nSPS) is 16.1. The van der Waals surface area contributed by atoms with Crippen LogP contribution in [0.15, 0.2) is 47.3 Å². The van der Waals surface area contributed by atoms with E-state index in [4.69, 9.17) is 20.9 Å². The van der Waals surface area contributed by atoms with Crippen molar-refractivity contribution in [3.8, 4) is 0 Å². The van der Waals surface area contributed by atoms with E-state index in [-0.39, 0.29) is 28.7 Å². The van der Waals surface area contributed by atoms with Crippen LogP contribution in [-0.2, 0) is 9.53 Å². The predicted molar refractivity (Wildman–Crippen MR) is 135 cm³/mol. The van der Waals surface area contributed by atoms with Gasteiger partial charge < -0.3 is 30.1 Å². The second-order valence-electron chi connectivity index (χ2n) is 9.00. The van der Waals surface area contributed by atoms with Gasteiger partial charge in [0.2, 0.25) is 0 Å². The molecule has 3 N–H and O–H groups in total. The molecule has 1 fully saturated rings. The molecule has 40 heavy (non-hydrogen) atoms. The number of anilines is 1. The third kappa shape index (κ3) is 6.51. The summed E-state index contributed by atoms with van der Waals surface area (Å²) >= 11 is 5.78. The Labute approximate surface area is 231 Å². The summed E-state index contributed by atoms with van der Waals surface area (Å²) in [6.07, 6.45) is 2.55. The summed E-state index contributed by atoms with van der Waals surface area (Å²) in [5.41, 5.74) is 0.738. The van der Waals surface area contributed by atoms with Gasteiger partial charge in [-0.25, -0.2) is 22.9 Å². The van der Waals surface area contributed by atoms with Gasteiger partial charge >= 0.3 is 6.03 Å². The number of hydrogen-bond acceptors (Lipinski definition) is 7. The monoisotopic (exact) mass is 580 g/mol. The number of ether oxygens (including phenoxy) is 1. The fraction of sp³-hybridized carbons (Fsp3) is 0.320. The summed E-state index contributed by atoms with van der Waals surface area (Å²) in [6.45, 7) is -0.173. The molecule has 0 aliphatic carbocycles. The Morgan fingerprint density at radius 2 is 2.05 bits per heavy atom. The van der Waals surface area contributed by atoms with E-state index >= 15 is 0 Å². The van der Waals surface area contributed by atoms with Crippen molar-refractivity contribution in [2.24, 2.45) is 0 Å². The van der Waals surface area contributed by atoms with Crippen molar-refractivity contribution in [3.05, 3.63) is 76.0 Å². The van der Waals surface area contributed by atoms with Gasteiger partial charge in [0.1, 0.15) is 23.9 Å². The quantitative estimate of drug-likeness (QED) is 0.351. The molecule has 1 saturated heterocycles. The van der Waals surface area contributed by atoms with Crippen molar-refractivity contribution in [2.75, 3.05) is 32.1 Å². The number of aromatic nitrogens is 2. The third-order valence-electron chi connectivity index (χ3n) is 6.06. The van der Waals surface area contributed by atoms with Crippen LogP contribution in [0.2, 0.25) is 5.02 Å². The minimum atomic E-state index is -3.16. The van der Waals surface area contributed by atoms with Crippen LogP contribution in [0.1, 0.15) is 39.3 Å². The van der Waals surface area contributed by atoms with E-state index in [1.807, 2.05) is 0 Å². The Morgan fingerprint density at radius 1 is 1.27 bits per heavy atom. The molecule has 0 saturated carbocycles. The molecule has 11 nitrogen and oxygen atoms in total. The van der Waals surface area contributed by atoms with E-state index in [1.54, 1.807) is 6.92 Å². The molecule has 212 valence electrons. The van der Waals surface area contributed by atoms with Crippen molar-refractivity contribution in [2.45, 2.75) is 24.9 Å². The minimum absolute atomic E-state index is 0.0286. The third-order valence-corrected chi connectivity index (χ3v) is 6.36. The number of carbonyl (C=O) groups is 3. The number of hydrogen-bond donors (Lipinski definition) is 3. The van der Waals surface area contributed by atoms with Gasteiger partial charge in [0.25, 0.3) is 17.7 Å². The second kappa shape index (κ2) is 11.9. The van der Waals surface area contributed by atoms with Gasteiger partial charge in [-0.3, -0.25) is 9.59 Å². The topological polar surface area (TPSA) is 139 Å². The molecule has 4 rings (SSSR count). The average Bonchev–Trinajstić information content (AvgIpc) is 3.35. The Bertz CT molecular complexity index is 1420. The van der Waals surface area contributed by atoms with Gasteiger partial charge in [-0.1, -0.05) is 22.8 Å². The smallest absolute Gasteiger partial charge is 0.318 e. The lowest BCUT2D eigenvalue weighted by Crippen LogP contribution is -2.58. The maximum atomic E-state index is 14.3. The van der Waals surface area contributed by atoms with Crippen LogP contribution in [0.3, 0.4) is 0 Å². The Kier molecular flexibility index (Phi) is 8.59. The number of alkyl halides is 2. The first kappa shape index (κ1) is 28.8. The van der Waals surface area contributed by atoms with E-state index in [0.29, 0.717) is 11.1 Å². The summed E-state index contributed by atoms with van der Waals surface area (Å²) in [5.74, 6) is -5.58. The highest BCUT2D eigenvalue weighted by molar-refractivity contribution is 6.30. The van der Waals surface area contributed by atoms with Gasteiger partial charge in [-0.15, -0.1) is 0 Å². The van der Waals surface area contributed by atoms with Crippen LogP contribution in [-0.4, -0.2) is 65.6 Å². The molecule has 0 bridgehead atoms. The molecule has 1 aliphatic heterocycles. The van der Waals surface area contributed by atoms with Crippen LogP contribution in [0.25, 0.3) is 0 Å². The number of methoxy groups -OCH3 is 1. The SMILES string of the molecule is COC[C@H](c1ccnc(NC(=O)[C@@H](NC(=O)c2nocc2C)c2ccc(Cl)c(F)c2)c1)N1CC(F)(F)CNC1=O. The fourth-order valence-electron chi connectivity index (χ4n) is 4.08. The Balaban J connectivity index is 1.61. The summed E-state index contributed by atoms with van der Waals surface area (Å²) in [5, 5.41) is 10.6. The largest absolute Gasteiger partial charge is 0.382 e. The molecule has 1 aliphatic rings. The molecule has 2 atom stereocenters. The number of halogens is 4. The molecule has 3 aromatic rings. The molecule has 0 unspecified atom stereocenters. The van der Waals surface area contributed by atoms with Crippen molar-refractivity contribution in [3.63, 3.8) is 0 Å². The molecule has 3 heterocycles. The first-order valence-corrected chi connectivity index (χ1v) is 12.2. The highest BCUT2D eigenvalue weighted by Gasteiger charge is 2.42. The number of amides is 4. The molecule has 0 radical (unpaired) electrons. The standard InChI is InChI=1S/C25H24ClF3N6O5/c1-13-9-40-34-20(13)22(36)33-21(15-3-4-16(26)17(27)7-15)23(37)32-19-8-14(5-6-30-19)18(10-39-2)35-12-25(28,29)11-31-24(35)38/h3-9,18,21H,10-12H2,1-2H3,(H,31,38)(H,33,36)(H,30,32,37)/t18-,21+/m1/s1. The van der Waals surface area contributed by atoms with Crippen LogP contribution in [0.5, 0.6) is 0 Å². The number of nitrogens with one attached hydrogen (secondary N) is 3. The first-order valence-electron chi connectivity index (χ1n) is 11.8. The van der Waals surface area contributed by atoms with Gasteiger partial charge in [-0.05, 0) is 42.3 Å². The van der Waals surface area contributed by atoms with E-state index in [9.17, 15) is 27.6 Å². The molecule has 2 aromatic heterocycles. The van der Waals surface area contributed by atoms with E-state index in [0.717, 1.165) is 11.0 Å². The Morgan fingerprint density at radius 3 is 2.73 bits per heavy atom. The van der Waals surface area contributed by atoms with Gasteiger partial charge in [0.15, 0.2) is 5.69 Å². The lowest BCUT2D eigenvalue weighted by molar-refractivity contribution is -0.118. The predicted octanol–water partition coefficient (Wildman–Crippen LogP) is 3.63. The molecular weight excluding hydrogens is 557 g/mol. The van der Waals surface area contributed by atoms with Gasteiger partial charge in [0.05, 0.1) is 30.8 Å². The van der Waals surface area contributed by atoms with Crippen LogP contribution in [0.4, 0.5) is 23.8 Å². The maximum Gasteiger partial charge on any atom is 0.318 e. The first-order chi connectivity index (χ1) is 19.0. The zero-order valence-electron chi connectivity index (χ0n) is 21.2. The van der Waals surface area contributed by atoms with E-state index < -0.39 is 54.8 Å². The van der Waals surface area contributed by atoms with Crippen molar-refractivity contribution in [1.82, 2.24) is 25.7 Å². The second-order valence-corrected chi connectivity index (χ2v) is 9.41. The van der Waals surface area contributed by atoms with Crippen LogP contribution >= 0.6 is 11.6 Å². The zero-order valence-corrected chi connectivity index (χ0v) is 22.0. The molecule has 0 spiro atoms. The summed E-state index contributed by atoms with van der Waals surface area (Å²) < 4.78 is 52.4. The minimum Gasteiger partial charge on any atom is -0.382 e. The summed E-state index contributed by atoms with van der Waals surface area (Å²) in [6, 6.07) is 3.38. The molecule has 4 amide bonds. The molecule has 15 heteroatoms. The number of rotatable bonds is 9. The molecular formula is C25H24ClF3N6O5. The van der Waals surface area contributed by atoms with Crippen LogP contribution < -0.4 is 16.0 Å². The maximum absolute atomic E-state index is 14.3. The number of urea groups is 1. The zero-order chi connectivity index (χ0) is 29.0. The highest BCUT2D eigenvalue weighted by Crippen LogP contribution is 2.29. The number of carbonyl (C=O) groups excluding carboxylic acids is 3. The molecule has 1 aromatic carbocycles. The number of nitrogens with zero attached hydrogens (tertiary/aromatic N) is 3. The van der Waals surface area contributed by atoms with Crippen molar-refractivity contribution >= 4 is 35.3 Å². The number of benzene rings is 1. The van der Waals surface area contributed by atoms with Gasteiger partial charge in [0, 0.05) is 18.9 Å². The van der Waals surface area contributed by atoms with Crippen molar-refractivity contribution in [1.29, 1.82) is 0 Å². The lowest BCUT2D eigenvalue weighted by Gasteiger charge is -2.38. The summed E-state index contributed by atoms with van der Waals surface area (Å²) in [4.78, 5) is 43.6. The Hall–Kier alpha value is -4.17. The number of aryl methyl sites for hydroxylation is 1. The summed E-state index contributed by atoms with van der Waals surface area (Å²) in [7, 11) is 1.35.